The highest BCUT2D eigenvalue weighted by atomic mass is 14.9. The van der Waals surface area contributed by atoms with E-state index in [1.807, 2.05) is 0 Å². The summed E-state index contributed by atoms with van der Waals surface area (Å²) < 4.78 is 0. The number of rotatable bonds is 2. The molecule has 0 aliphatic carbocycles. The summed E-state index contributed by atoms with van der Waals surface area (Å²) in [6.07, 6.45) is 4.71. The van der Waals surface area contributed by atoms with Gasteiger partial charge in [-0.05, 0) is 53.4 Å². The van der Waals surface area contributed by atoms with Gasteiger partial charge in [-0.15, -0.1) is 0 Å². The molecule has 3 aromatic rings. The van der Waals surface area contributed by atoms with E-state index in [2.05, 4.69) is 78.1 Å². The maximum atomic E-state index is 3.43. The summed E-state index contributed by atoms with van der Waals surface area (Å²) in [6.45, 7) is 2.20. The second-order valence-electron chi connectivity index (χ2n) is 6.17. The Hall–Kier alpha value is -2.38. The lowest BCUT2D eigenvalue weighted by atomic mass is 9.92. The van der Waals surface area contributed by atoms with E-state index in [9.17, 15) is 0 Å². The van der Waals surface area contributed by atoms with Crippen molar-refractivity contribution in [2.24, 2.45) is 0 Å². The van der Waals surface area contributed by atoms with Crippen LogP contribution in [0.15, 0.2) is 72.3 Å². The highest BCUT2D eigenvalue weighted by Crippen LogP contribution is 2.32. The van der Waals surface area contributed by atoms with Gasteiger partial charge in [-0.25, -0.2) is 0 Å². The molecule has 1 heteroatoms. The molecule has 0 unspecified atom stereocenters. The zero-order valence-corrected chi connectivity index (χ0v) is 13.3. The van der Waals surface area contributed by atoms with Crippen molar-refractivity contribution in [3.63, 3.8) is 0 Å². The second-order valence-corrected chi connectivity index (χ2v) is 6.17. The van der Waals surface area contributed by atoms with Crippen molar-refractivity contribution in [3.05, 3.63) is 77.9 Å². The molecule has 0 atom stereocenters. The van der Waals surface area contributed by atoms with Crippen molar-refractivity contribution in [2.75, 3.05) is 13.1 Å². The maximum absolute atomic E-state index is 3.43. The first-order valence-electron chi connectivity index (χ1n) is 8.39. The summed E-state index contributed by atoms with van der Waals surface area (Å²) in [7, 11) is 0. The van der Waals surface area contributed by atoms with Crippen molar-refractivity contribution >= 4 is 16.8 Å². The Balaban J connectivity index is 1.85. The molecule has 0 amide bonds. The maximum Gasteiger partial charge on any atom is -0.00113 e. The molecule has 1 N–H and O–H groups in total. The van der Waals surface area contributed by atoms with Gasteiger partial charge in [-0.1, -0.05) is 78.4 Å². The minimum atomic E-state index is 1.10. The number of hydrogen-bond donors (Lipinski definition) is 1. The lowest BCUT2D eigenvalue weighted by Crippen LogP contribution is -2.22. The lowest BCUT2D eigenvalue weighted by Gasteiger charge is -2.16. The van der Waals surface area contributed by atoms with Gasteiger partial charge in [0.2, 0.25) is 0 Å². The van der Waals surface area contributed by atoms with Crippen LogP contribution in [-0.2, 0) is 0 Å². The van der Waals surface area contributed by atoms with Gasteiger partial charge in [0.1, 0.15) is 0 Å². The van der Waals surface area contributed by atoms with Crippen LogP contribution in [0, 0.1) is 0 Å². The Bertz CT molecular complexity index is 847. The molecule has 0 bridgehead atoms. The van der Waals surface area contributed by atoms with Crippen LogP contribution in [0.2, 0.25) is 0 Å². The Labute approximate surface area is 137 Å². The van der Waals surface area contributed by atoms with Crippen LogP contribution in [0.5, 0.6) is 0 Å². The average molecular weight is 299 g/mol. The van der Waals surface area contributed by atoms with E-state index in [1.54, 1.807) is 5.57 Å². The van der Waals surface area contributed by atoms with E-state index >= 15 is 0 Å². The Morgan fingerprint density at radius 2 is 1.39 bits per heavy atom. The molecule has 1 nitrogen and oxygen atoms in total. The van der Waals surface area contributed by atoms with Crippen molar-refractivity contribution in [1.29, 1.82) is 0 Å². The number of hydrogen-bond acceptors (Lipinski definition) is 1. The third-order valence-corrected chi connectivity index (χ3v) is 4.65. The van der Waals surface area contributed by atoms with Gasteiger partial charge >= 0.3 is 0 Å². The molecular weight excluding hydrogens is 278 g/mol. The average Bonchev–Trinajstić information content (AvgIpc) is 2.63. The lowest BCUT2D eigenvalue weighted by molar-refractivity contribution is 0.613. The van der Waals surface area contributed by atoms with Crippen molar-refractivity contribution in [2.45, 2.75) is 12.8 Å². The van der Waals surface area contributed by atoms with Crippen LogP contribution in [0.3, 0.4) is 0 Å². The molecule has 1 aliphatic heterocycles. The first-order valence-corrected chi connectivity index (χ1v) is 8.39. The summed E-state index contributed by atoms with van der Waals surface area (Å²) in [6, 6.07) is 24.0. The van der Waals surface area contributed by atoms with Gasteiger partial charge in [-0.2, -0.15) is 0 Å². The summed E-state index contributed by atoms with van der Waals surface area (Å²) in [5.41, 5.74) is 5.54. The summed E-state index contributed by atoms with van der Waals surface area (Å²) in [5.74, 6) is 0. The summed E-state index contributed by atoms with van der Waals surface area (Å²) in [5, 5.41) is 6.06. The van der Waals surface area contributed by atoms with Crippen molar-refractivity contribution in [1.82, 2.24) is 5.32 Å². The van der Waals surface area contributed by atoms with E-state index in [1.165, 1.54) is 27.5 Å². The number of piperidine rings is 1. The molecular formula is C22H21N. The van der Waals surface area contributed by atoms with Crippen molar-refractivity contribution in [3.8, 4) is 11.1 Å². The predicted octanol–water partition coefficient (Wildman–Crippen LogP) is 5.27. The van der Waals surface area contributed by atoms with Crippen LogP contribution >= 0.6 is 0 Å². The Morgan fingerprint density at radius 1 is 0.696 bits per heavy atom. The standard InChI is InChI=1S/C22H21N/c1-3-9-20-18(6-1)8-5-11-22(20)21-10-4-2-7-19(21)16-17-12-14-23-15-13-17/h1-11,16,23H,12-15H2. The molecule has 1 heterocycles. The van der Waals surface area contributed by atoms with Crippen LogP contribution in [0.25, 0.3) is 28.0 Å². The van der Waals surface area contributed by atoms with Gasteiger partial charge < -0.3 is 5.32 Å². The SMILES string of the molecule is C(=C1CCNCC1)c1ccccc1-c1cccc2ccccc12. The largest absolute Gasteiger partial charge is 0.316 e. The van der Waals surface area contributed by atoms with Crippen LogP contribution in [0.4, 0.5) is 0 Å². The molecule has 1 fully saturated rings. The summed E-state index contributed by atoms with van der Waals surface area (Å²) >= 11 is 0. The number of nitrogens with one attached hydrogen (secondary N) is 1. The second kappa shape index (κ2) is 6.39. The molecule has 0 radical (unpaired) electrons. The molecule has 1 aliphatic rings. The molecule has 23 heavy (non-hydrogen) atoms. The highest BCUT2D eigenvalue weighted by Gasteiger charge is 2.09. The molecule has 0 spiro atoms. The first-order chi connectivity index (χ1) is 11.4. The molecule has 114 valence electrons. The van der Waals surface area contributed by atoms with Gasteiger partial charge in [0.25, 0.3) is 0 Å². The quantitative estimate of drug-likeness (QED) is 0.679. The van der Waals surface area contributed by atoms with E-state index in [4.69, 9.17) is 0 Å². The third kappa shape index (κ3) is 2.93. The number of benzene rings is 3. The van der Waals surface area contributed by atoms with Gasteiger partial charge in [-0.3, -0.25) is 0 Å². The molecule has 0 aromatic heterocycles. The summed E-state index contributed by atoms with van der Waals surface area (Å²) in [4.78, 5) is 0. The van der Waals surface area contributed by atoms with Crippen molar-refractivity contribution < 1.29 is 0 Å². The zero-order valence-electron chi connectivity index (χ0n) is 13.3. The Kier molecular flexibility index (Phi) is 3.95. The zero-order chi connectivity index (χ0) is 15.5. The fraction of sp³-hybridized carbons (Fsp3) is 0.182. The fourth-order valence-corrected chi connectivity index (χ4v) is 3.44. The predicted molar refractivity (Wildman–Crippen MR) is 99.5 cm³/mol. The van der Waals surface area contributed by atoms with E-state index < -0.39 is 0 Å². The topological polar surface area (TPSA) is 12.0 Å². The van der Waals surface area contributed by atoms with Gasteiger partial charge in [0.15, 0.2) is 0 Å². The molecule has 3 aromatic carbocycles. The Morgan fingerprint density at radius 3 is 2.30 bits per heavy atom. The van der Waals surface area contributed by atoms with Crippen LogP contribution < -0.4 is 5.32 Å². The monoisotopic (exact) mass is 299 g/mol. The molecule has 4 rings (SSSR count). The number of fused-ring (bicyclic) bond motifs is 1. The minimum Gasteiger partial charge on any atom is -0.316 e. The van der Waals surface area contributed by atoms with E-state index in [0.29, 0.717) is 0 Å². The van der Waals surface area contributed by atoms with Crippen LogP contribution in [0.1, 0.15) is 18.4 Å². The smallest absolute Gasteiger partial charge is 0.00113 e. The highest BCUT2D eigenvalue weighted by molar-refractivity contribution is 5.98. The van der Waals surface area contributed by atoms with Gasteiger partial charge in [0.05, 0.1) is 0 Å². The van der Waals surface area contributed by atoms with Gasteiger partial charge in [0, 0.05) is 0 Å². The van der Waals surface area contributed by atoms with Crippen LogP contribution in [-0.4, -0.2) is 13.1 Å². The normalized spacial score (nSPS) is 14.9. The van der Waals surface area contributed by atoms with E-state index in [0.717, 1.165) is 25.9 Å². The molecule has 0 saturated carbocycles. The third-order valence-electron chi connectivity index (χ3n) is 4.65. The first kappa shape index (κ1) is 14.2. The minimum absolute atomic E-state index is 1.10. The molecule has 1 saturated heterocycles. The van der Waals surface area contributed by atoms with E-state index in [-0.39, 0.29) is 0 Å². The fourth-order valence-electron chi connectivity index (χ4n) is 3.44.